The average molecular weight is 351 g/mol. The minimum Gasteiger partial charge on any atom is -0.480 e. The molecule has 6 nitrogen and oxygen atoms in total. The van der Waals surface area contributed by atoms with Gasteiger partial charge in [0.25, 0.3) is 5.91 Å². The van der Waals surface area contributed by atoms with E-state index in [0.717, 1.165) is 18.2 Å². The van der Waals surface area contributed by atoms with E-state index in [1.807, 2.05) is 0 Å². The van der Waals surface area contributed by atoms with Crippen molar-refractivity contribution in [1.82, 2.24) is 5.32 Å². The molecule has 0 spiro atoms. The molecule has 0 radical (unpaired) electrons. The van der Waals surface area contributed by atoms with Gasteiger partial charge in [0, 0.05) is 11.6 Å². The molecule has 2 atom stereocenters. The molecular formula is C17H15F2NO5. The van der Waals surface area contributed by atoms with Gasteiger partial charge in [0.2, 0.25) is 6.10 Å². The Morgan fingerprint density at radius 2 is 1.76 bits per heavy atom. The summed E-state index contributed by atoms with van der Waals surface area (Å²) in [5.41, 5.74) is 0.367. The van der Waals surface area contributed by atoms with Crippen LogP contribution in [0.5, 0.6) is 5.75 Å². The lowest BCUT2D eigenvalue weighted by atomic mass is 10.1. The number of nitrogens with one attached hydrogen (secondary N) is 1. The van der Waals surface area contributed by atoms with Crippen LogP contribution < -0.4 is 10.1 Å². The van der Waals surface area contributed by atoms with Gasteiger partial charge < -0.3 is 20.3 Å². The van der Waals surface area contributed by atoms with Gasteiger partial charge in [-0.2, -0.15) is 0 Å². The highest BCUT2D eigenvalue weighted by molar-refractivity contribution is 5.87. The summed E-state index contributed by atoms with van der Waals surface area (Å²) in [5.74, 6) is -4.60. The summed E-state index contributed by atoms with van der Waals surface area (Å²) in [6, 6.07) is 9.31. The number of halogens is 2. The lowest BCUT2D eigenvalue weighted by Crippen LogP contribution is -2.46. The molecule has 8 heteroatoms. The Labute approximate surface area is 141 Å². The molecule has 0 saturated heterocycles. The number of amides is 1. The Hall–Kier alpha value is -3.00. The minimum atomic E-state index is -1.52. The number of aliphatic carboxylic acids is 1. The Kier molecular flexibility index (Phi) is 6.02. The monoisotopic (exact) mass is 351 g/mol. The Morgan fingerprint density at radius 3 is 2.32 bits per heavy atom. The van der Waals surface area contributed by atoms with E-state index in [9.17, 15) is 18.4 Å². The number of carbonyl (C=O) groups is 2. The van der Waals surface area contributed by atoms with Crippen LogP contribution in [0.4, 0.5) is 8.78 Å². The molecule has 2 aromatic carbocycles. The predicted molar refractivity (Wildman–Crippen MR) is 82.8 cm³/mol. The van der Waals surface area contributed by atoms with E-state index < -0.39 is 42.3 Å². The van der Waals surface area contributed by atoms with Crippen molar-refractivity contribution in [3.63, 3.8) is 0 Å². The van der Waals surface area contributed by atoms with Gasteiger partial charge in [0.15, 0.2) is 11.6 Å². The Morgan fingerprint density at radius 1 is 1.08 bits per heavy atom. The van der Waals surface area contributed by atoms with Crippen molar-refractivity contribution in [2.45, 2.75) is 12.1 Å². The first-order valence-corrected chi connectivity index (χ1v) is 7.23. The SMILES string of the molecule is O=C(O)C(CO)NC(=O)C(Oc1ccc(F)c(F)c1)c1ccccc1. The number of hydrogen-bond donors (Lipinski definition) is 3. The zero-order valence-corrected chi connectivity index (χ0v) is 12.9. The van der Waals surface area contributed by atoms with Crippen LogP contribution in [0.2, 0.25) is 0 Å². The third-order valence-electron chi connectivity index (χ3n) is 3.28. The maximum atomic E-state index is 13.3. The zero-order chi connectivity index (χ0) is 18.4. The number of hydrogen-bond acceptors (Lipinski definition) is 4. The van der Waals surface area contributed by atoms with Gasteiger partial charge in [-0.25, -0.2) is 13.6 Å². The number of carboxylic acid groups (broad SMARTS) is 1. The lowest BCUT2D eigenvalue weighted by Gasteiger charge is -2.21. The summed E-state index contributed by atoms with van der Waals surface area (Å²) < 4.78 is 31.8. The largest absolute Gasteiger partial charge is 0.480 e. The first-order valence-electron chi connectivity index (χ1n) is 7.23. The van der Waals surface area contributed by atoms with Crippen LogP contribution in [-0.4, -0.2) is 34.7 Å². The van der Waals surface area contributed by atoms with Crippen molar-refractivity contribution >= 4 is 11.9 Å². The standard InChI is InChI=1S/C17H15F2NO5/c18-12-7-6-11(8-13(12)19)25-15(10-4-2-1-3-5-10)16(22)20-14(9-21)17(23)24/h1-8,14-15,21H,9H2,(H,20,22)(H,23,24). The number of ether oxygens (including phenoxy) is 1. The first kappa shape index (κ1) is 18.3. The van der Waals surface area contributed by atoms with Crippen LogP contribution in [0.15, 0.2) is 48.5 Å². The second-order valence-corrected chi connectivity index (χ2v) is 5.07. The van der Waals surface area contributed by atoms with Gasteiger partial charge in [0.1, 0.15) is 11.8 Å². The normalized spacial score (nSPS) is 12.9. The maximum Gasteiger partial charge on any atom is 0.328 e. The third-order valence-corrected chi connectivity index (χ3v) is 3.28. The molecule has 0 bridgehead atoms. The molecule has 2 unspecified atom stereocenters. The van der Waals surface area contributed by atoms with E-state index in [4.69, 9.17) is 14.9 Å². The molecule has 2 aromatic rings. The second kappa shape index (κ2) is 8.20. The molecule has 132 valence electrons. The molecule has 0 aromatic heterocycles. The molecule has 2 rings (SSSR count). The number of carboxylic acids is 1. The molecule has 0 saturated carbocycles. The minimum absolute atomic E-state index is 0.112. The maximum absolute atomic E-state index is 13.3. The number of aliphatic hydroxyl groups excluding tert-OH is 1. The molecule has 0 fully saturated rings. The van der Waals surface area contributed by atoms with Crippen LogP contribution in [0.3, 0.4) is 0 Å². The lowest BCUT2D eigenvalue weighted by molar-refractivity contribution is -0.144. The van der Waals surface area contributed by atoms with E-state index in [2.05, 4.69) is 5.32 Å². The highest BCUT2D eigenvalue weighted by Crippen LogP contribution is 2.24. The summed E-state index contributed by atoms with van der Waals surface area (Å²) in [4.78, 5) is 23.4. The fourth-order valence-electron chi connectivity index (χ4n) is 2.02. The fraction of sp³-hybridized carbons (Fsp3) is 0.176. The van der Waals surface area contributed by atoms with Crippen molar-refractivity contribution in [3.05, 3.63) is 65.7 Å². The highest BCUT2D eigenvalue weighted by Gasteiger charge is 2.27. The van der Waals surface area contributed by atoms with E-state index in [-0.39, 0.29) is 5.75 Å². The van der Waals surface area contributed by atoms with Crippen molar-refractivity contribution in [2.24, 2.45) is 0 Å². The van der Waals surface area contributed by atoms with Crippen molar-refractivity contribution in [2.75, 3.05) is 6.61 Å². The van der Waals surface area contributed by atoms with E-state index in [0.29, 0.717) is 5.56 Å². The van der Waals surface area contributed by atoms with Crippen molar-refractivity contribution in [1.29, 1.82) is 0 Å². The molecule has 0 aliphatic rings. The van der Waals surface area contributed by atoms with Crippen LogP contribution >= 0.6 is 0 Å². The summed E-state index contributed by atoms with van der Waals surface area (Å²) in [5, 5.41) is 20.1. The van der Waals surface area contributed by atoms with Crippen LogP contribution in [0.25, 0.3) is 0 Å². The third kappa shape index (κ3) is 4.74. The fourth-order valence-corrected chi connectivity index (χ4v) is 2.02. The zero-order valence-electron chi connectivity index (χ0n) is 12.9. The van der Waals surface area contributed by atoms with Crippen LogP contribution in [0, 0.1) is 11.6 Å². The number of carbonyl (C=O) groups excluding carboxylic acids is 1. The molecule has 3 N–H and O–H groups in total. The van der Waals surface area contributed by atoms with Crippen LogP contribution in [0.1, 0.15) is 11.7 Å². The quantitative estimate of drug-likeness (QED) is 0.705. The smallest absolute Gasteiger partial charge is 0.328 e. The number of benzene rings is 2. The first-order chi connectivity index (χ1) is 11.9. The van der Waals surface area contributed by atoms with Crippen molar-refractivity contribution < 1.29 is 33.3 Å². The topological polar surface area (TPSA) is 95.9 Å². The summed E-state index contributed by atoms with van der Waals surface area (Å²) >= 11 is 0. The van der Waals surface area contributed by atoms with Gasteiger partial charge in [-0.1, -0.05) is 30.3 Å². The van der Waals surface area contributed by atoms with Gasteiger partial charge in [0.05, 0.1) is 6.61 Å². The average Bonchev–Trinajstić information content (AvgIpc) is 2.60. The van der Waals surface area contributed by atoms with E-state index in [1.165, 1.54) is 0 Å². The molecular weight excluding hydrogens is 336 g/mol. The Bertz CT molecular complexity index is 754. The van der Waals surface area contributed by atoms with Gasteiger partial charge in [-0.05, 0) is 12.1 Å². The molecule has 0 aliphatic carbocycles. The van der Waals surface area contributed by atoms with Gasteiger partial charge >= 0.3 is 5.97 Å². The van der Waals surface area contributed by atoms with E-state index in [1.54, 1.807) is 30.3 Å². The molecule has 1 amide bonds. The second-order valence-electron chi connectivity index (χ2n) is 5.07. The summed E-state index contributed by atoms with van der Waals surface area (Å²) in [6.45, 7) is -0.812. The molecule has 0 heterocycles. The van der Waals surface area contributed by atoms with Crippen LogP contribution in [-0.2, 0) is 9.59 Å². The summed E-state index contributed by atoms with van der Waals surface area (Å²) in [7, 11) is 0. The van der Waals surface area contributed by atoms with Crippen molar-refractivity contribution in [3.8, 4) is 5.75 Å². The predicted octanol–water partition coefficient (Wildman–Crippen LogP) is 1.65. The van der Waals surface area contributed by atoms with E-state index >= 15 is 0 Å². The molecule has 0 aliphatic heterocycles. The van der Waals surface area contributed by atoms with Gasteiger partial charge in [-0.3, -0.25) is 4.79 Å². The summed E-state index contributed by atoms with van der Waals surface area (Å²) in [6.07, 6.45) is -1.32. The highest BCUT2D eigenvalue weighted by atomic mass is 19.2. The van der Waals surface area contributed by atoms with Gasteiger partial charge in [-0.15, -0.1) is 0 Å². The Balaban J connectivity index is 2.28. The molecule has 25 heavy (non-hydrogen) atoms. The number of aliphatic hydroxyl groups is 1. The number of rotatable bonds is 7.